The van der Waals surface area contributed by atoms with E-state index in [-0.39, 0.29) is 11.5 Å². The van der Waals surface area contributed by atoms with Gasteiger partial charge in [-0.1, -0.05) is 26.7 Å². The molecule has 0 atom stereocenters. The Morgan fingerprint density at radius 3 is 2.33 bits per heavy atom. The summed E-state index contributed by atoms with van der Waals surface area (Å²) in [6.45, 7) is 8.26. The van der Waals surface area contributed by atoms with Gasteiger partial charge in [-0.05, 0) is 5.92 Å². The van der Waals surface area contributed by atoms with Crippen LogP contribution in [-0.4, -0.2) is 70.6 Å². The smallest absolute Gasteiger partial charge is 0.191 e. The lowest BCUT2D eigenvalue weighted by atomic mass is 10.0. The van der Waals surface area contributed by atoms with Crippen LogP contribution < -0.4 is 10.6 Å². The molecule has 124 valence electrons. The topological polar surface area (TPSA) is 73.8 Å². The second-order valence-corrected chi connectivity index (χ2v) is 7.86. The summed E-state index contributed by atoms with van der Waals surface area (Å²) in [6.07, 6.45) is 2.34. The molecule has 0 aromatic carbocycles. The molecule has 1 fully saturated rings. The lowest BCUT2D eigenvalue weighted by molar-refractivity contribution is 0.299. The molecule has 0 radical (unpaired) electrons. The Balaban J connectivity index is 2.21. The van der Waals surface area contributed by atoms with Crippen LogP contribution >= 0.6 is 0 Å². The van der Waals surface area contributed by atoms with E-state index < -0.39 is 9.84 Å². The van der Waals surface area contributed by atoms with Crippen LogP contribution in [0.5, 0.6) is 0 Å². The van der Waals surface area contributed by atoms with Crippen LogP contribution in [0, 0.1) is 5.92 Å². The van der Waals surface area contributed by atoms with Crippen molar-refractivity contribution in [1.29, 1.82) is 0 Å². The molecule has 0 unspecified atom stereocenters. The summed E-state index contributed by atoms with van der Waals surface area (Å²) >= 11 is 0. The maximum absolute atomic E-state index is 11.4. The molecule has 1 aliphatic rings. The fourth-order valence-corrected chi connectivity index (χ4v) is 3.62. The third kappa shape index (κ3) is 7.13. The minimum Gasteiger partial charge on any atom is -0.356 e. The van der Waals surface area contributed by atoms with Crippen molar-refractivity contribution in [2.75, 3.05) is 51.3 Å². The van der Waals surface area contributed by atoms with Gasteiger partial charge < -0.3 is 10.6 Å². The molecule has 7 heteroatoms. The fraction of sp³-hybridized carbons (Fsp3) is 0.929. The van der Waals surface area contributed by atoms with Gasteiger partial charge in [-0.15, -0.1) is 0 Å². The molecule has 2 N–H and O–H groups in total. The number of nitrogens with one attached hydrogen (secondary N) is 2. The second kappa shape index (κ2) is 9.25. The molecule has 0 spiro atoms. The first-order valence-corrected chi connectivity index (χ1v) is 9.70. The van der Waals surface area contributed by atoms with Crippen LogP contribution in [0.3, 0.4) is 0 Å². The highest BCUT2D eigenvalue weighted by atomic mass is 32.2. The molecule has 0 amide bonds. The van der Waals surface area contributed by atoms with Crippen LogP contribution in [-0.2, 0) is 9.84 Å². The average Bonchev–Trinajstić information content (AvgIpc) is 2.48. The van der Waals surface area contributed by atoms with E-state index >= 15 is 0 Å². The van der Waals surface area contributed by atoms with Crippen LogP contribution in [0.4, 0.5) is 0 Å². The van der Waals surface area contributed by atoms with E-state index in [9.17, 15) is 8.42 Å². The van der Waals surface area contributed by atoms with Crippen molar-refractivity contribution in [3.63, 3.8) is 0 Å². The van der Waals surface area contributed by atoms with Crippen molar-refractivity contribution in [2.24, 2.45) is 10.9 Å². The molecule has 1 rings (SSSR count). The first kappa shape index (κ1) is 18.2. The average molecular weight is 318 g/mol. The van der Waals surface area contributed by atoms with Gasteiger partial charge in [0.2, 0.25) is 0 Å². The summed E-state index contributed by atoms with van der Waals surface area (Å²) in [5.41, 5.74) is 0. The Hall–Kier alpha value is -0.820. The van der Waals surface area contributed by atoms with E-state index in [4.69, 9.17) is 0 Å². The predicted octanol–water partition coefficient (Wildman–Crippen LogP) is 0.318. The van der Waals surface area contributed by atoms with Gasteiger partial charge in [0.05, 0.1) is 11.5 Å². The predicted molar refractivity (Wildman–Crippen MR) is 88.5 cm³/mol. The van der Waals surface area contributed by atoms with Crippen molar-refractivity contribution in [1.82, 2.24) is 15.5 Å². The number of rotatable bonds is 7. The molecular weight excluding hydrogens is 288 g/mol. The van der Waals surface area contributed by atoms with Gasteiger partial charge in [-0.3, -0.25) is 9.89 Å². The molecule has 0 aromatic rings. The van der Waals surface area contributed by atoms with E-state index in [1.807, 2.05) is 0 Å². The zero-order chi connectivity index (χ0) is 15.7. The van der Waals surface area contributed by atoms with Gasteiger partial charge in [-0.2, -0.15) is 0 Å². The molecule has 0 aromatic heterocycles. The van der Waals surface area contributed by atoms with Crippen molar-refractivity contribution in [2.45, 2.75) is 26.7 Å². The van der Waals surface area contributed by atoms with Crippen molar-refractivity contribution < 1.29 is 8.42 Å². The highest BCUT2D eigenvalue weighted by Gasteiger charge is 2.20. The third-order valence-corrected chi connectivity index (χ3v) is 5.70. The Labute approximate surface area is 129 Å². The van der Waals surface area contributed by atoms with Crippen LogP contribution in [0.2, 0.25) is 0 Å². The first-order chi connectivity index (χ1) is 10.0. The highest BCUT2D eigenvalue weighted by Crippen LogP contribution is 2.05. The molecule has 0 saturated carbocycles. The number of aliphatic imine (C=N–C) groups is 1. The van der Waals surface area contributed by atoms with Crippen molar-refractivity contribution >= 4 is 15.8 Å². The quantitative estimate of drug-likeness (QED) is 0.522. The first-order valence-electron chi connectivity index (χ1n) is 7.88. The summed E-state index contributed by atoms with van der Waals surface area (Å²) in [6, 6.07) is 0. The molecule has 1 heterocycles. The van der Waals surface area contributed by atoms with Gasteiger partial charge in [-0.25, -0.2) is 8.42 Å². The molecule has 1 aliphatic heterocycles. The summed E-state index contributed by atoms with van der Waals surface area (Å²) in [5.74, 6) is 2.07. The number of sulfone groups is 1. The maximum Gasteiger partial charge on any atom is 0.191 e. The normalized spacial score (nSPS) is 19.7. The molecule has 0 bridgehead atoms. The summed E-state index contributed by atoms with van der Waals surface area (Å²) in [5, 5.41) is 6.64. The lowest BCUT2D eigenvalue weighted by Gasteiger charge is -2.26. The van der Waals surface area contributed by atoms with Gasteiger partial charge >= 0.3 is 0 Å². The Bertz CT molecular complexity index is 405. The Morgan fingerprint density at radius 1 is 1.19 bits per heavy atom. The largest absolute Gasteiger partial charge is 0.356 e. The van der Waals surface area contributed by atoms with Crippen LogP contribution in [0.1, 0.15) is 26.7 Å². The highest BCUT2D eigenvalue weighted by molar-refractivity contribution is 7.91. The van der Waals surface area contributed by atoms with E-state index in [0.717, 1.165) is 25.6 Å². The molecular formula is C14H30N4O2S. The number of hydrogen-bond donors (Lipinski definition) is 2. The van der Waals surface area contributed by atoms with E-state index in [0.29, 0.717) is 19.0 Å². The van der Waals surface area contributed by atoms with E-state index in [1.165, 1.54) is 12.8 Å². The van der Waals surface area contributed by atoms with Gasteiger partial charge in [0.25, 0.3) is 0 Å². The minimum atomic E-state index is -2.78. The lowest BCUT2D eigenvalue weighted by Crippen LogP contribution is -2.46. The fourth-order valence-electron chi connectivity index (χ4n) is 2.35. The standard InChI is InChI=1S/C14H30N4O2S/c1-4-13(5-2)12-17-14(15-3)16-6-7-18-8-10-21(19,20)11-9-18/h13H,4-12H2,1-3H3,(H2,15,16,17). The number of guanidine groups is 1. The molecule has 21 heavy (non-hydrogen) atoms. The number of hydrogen-bond acceptors (Lipinski definition) is 4. The summed E-state index contributed by atoms with van der Waals surface area (Å²) < 4.78 is 22.7. The maximum atomic E-state index is 11.4. The number of nitrogens with zero attached hydrogens (tertiary/aromatic N) is 2. The molecule has 0 aliphatic carbocycles. The zero-order valence-corrected chi connectivity index (χ0v) is 14.4. The Morgan fingerprint density at radius 2 is 1.81 bits per heavy atom. The Kier molecular flexibility index (Phi) is 8.03. The van der Waals surface area contributed by atoms with Gasteiger partial charge in [0.1, 0.15) is 0 Å². The minimum absolute atomic E-state index is 0.286. The van der Waals surface area contributed by atoms with Crippen LogP contribution in [0.25, 0.3) is 0 Å². The van der Waals surface area contributed by atoms with Gasteiger partial charge in [0, 0.05) is 39.8 Å². The van der Waals surface area contributed by atoms with Crippen molar-refractivity contribution in [3.05, 3.63) is 0 Å². The molecule has 6 nitrogen and oxygen atoms in total. The van der Waals surface area contributed by atoms with Crippen LogP contribution in [0.15, 0.2) is 4.99 Å². The van der Waals surface area contributed by atoms with E-state index in [2.05, 4.69) is 34.4 Å². The summed E-state index contributed by atoms with van der Waals surface area (Å²) in [7, 11) is -1.01. The second-order valence-electron chi connectivity index (χ2n) is 5.56. The van der Waals surface area contributed by atoms with E-state index in [1.54, 1.807) is 7.05 Å². The summed E-state index contributed by atoms with van der Waals surface area (Å²) in [4.78, 5) is 6.40. The monoisotopic (exact) mass is 318 g/mol. The SMILES string of the molecule is CCC(CC)CNC(=NC)NCCN1CCS(=O)(=O)CC1. The zero-order valence-electron chi connectivity index (χ0n) is 13.6. The van der Waals surface area contributed by atoms with Crippen molar-refractivity contribution in [3.8, 4) is 0 Å². The molecule has 1 saturated heterocycles. The third-order valence-electron chi connectivity index (χ3n) is 4.09. The van der Waals surface area contributed by atoms with Gasteiger partial charge in [0.15, 0.2) is 15.8 Å².